The zero-order chi connectivity index (χ0) is 52.6. The van der Waals surface area contributed by atoms with Gasteiger partial charge in [-0.25, -0.2) is 0 Å². The number of nitrogens with zero attached hydrogens (tertiary/aromatic N) is 4. The van der Waals surface area contributed by atoms with Crippen LogP contribution in [0.1, 0.15) is 20.7 Å². The second-order valence-electron chi connectivity index (χ2n) is 15.4. The number of phenols is 2. The number of benzene rings is 8. The number of azo groups is 2. The molecule has 0 aromatic heterocycles. The summed E-state index contributed by atoms with van der Waals surface area (Å²) in [5.74, 6) is -3.42. The van der Waals surface area contributed by atoms with Gasteiger partial charge in [0.25, 0.3) is 52.3 Å². The third-order valence-corrected chi connectivity index (χ3v) is 13.9. The van der Waals surface area contributed by atoms with Crippen LogP contribution in [0.15, 0.2) is 186 Å². The standard InChI is InChI=1S/C46H33N7O16S4/c54-43-39-27(19-33(70(58,59)60)23-35(39)48-45(56)25-7-3-1-4-8-25)21-37(72(64,65)66)41(43)52-50-31-15-11-29(12-16-31)47-30-13-17-32(18-14-30)51-53-42-38(73(67,68)69)22-28-20-34(71(61,62)63)24-36(40(28)44(42)55)49-46(57)26-9-5-2-6-10-26/h1-24,47,54-55H,(H,48,56)(H,49,57)(H,58,59,60)(H,61,62,63)(H,64,65,66)(H,67,68,69)/b52-50+,53-51+. The summed E-state index contributed by atoms with van der Waals surface area (Å²) in [6.45, 7) is 0. The molecule has 0 aliphatic carbocycles. The Morgan fingerprint density at radius 3 is 1.07 bits per heavy atom. The molecule has 9 N–H and O–H groups in total. The van der Waals surface area contributed by atoms with Crippen molar-refractivity contribution in [3.63, 3.8) is 0 Å². The predicted octanol–water partition coefficient (Wildman–Crippen LogP) is 9.47. The number of carbonyl (C=O) groups is 2. The first-order valence-corrected chi connectivity index (χ1v) is 26.2. The summed E-state index contributed by atoms with van der Waals surface area (Å²) in [6.07, 6.45) is 0. The molecule has 0 spiro atoms. The Hall–Kier alpha value is -8.54. The molecule has 8 rings (SSSR count). The first-order valence-electron chi connectivity index (χ1n) is 20.5. The number of hydrogen-bond donors (Lipinski definition) is 9. The van der Waals surface area contributed by atoms with Gasteiger partial charge in [-0.05, 0) is 120 Å². The summed E-state index contributed by atoms with van der Waals surface area (Å²) >= 11 is 0. The van der Waals surface area contributed by atoms with Crippen LogP contribution in [0.2, 0.25) is 0 Å². The number of anilines is 4. The molecule has 2 amide bonds. The van der Waals surface area contributed by atoms with Gasteiger partial charge in [-0.1, -0.05) is 36.4 Å². The fourth-order valence-electron chi connectivity index (χ4n) is 7.17. The van der Waals surface area contributed by atoms with Gasteiger partial charge in [-0.15, -0.1) is 10.2 Å². The highest BCUT2D eigenvalue weighted by molar-refractivity contribution is 7.86. The second-order valence-corrected chi connectivity index (χ2v) is 21.1. The molecule has 372 valence electrons. The maximum Gasteiger partial charge on any atom is 0.296 e. The van der Waals surface area contributed by atoms with E-state index in [1.807, 2.05) is 0 Å². The highest BCUT2D eigenvalue weighted by Crippen LogP contribution is 2.47. The summed E-state index contributed by atoms with van der Waals surface area (Å²) < 4.78 is 139. The van der Waals surface area contributed by atoms with Gasteiger partial charge < -0.3 is 26.2 Å². The smallest absolute Gasteiger partial charge is 0.296 e. The minimum atomic E-state index is -5.20. The number of fused-ring (bicyclic) bond motifs is 2. The molecule has 0 saturated carbocycles. The minimum Gasteiger partial charge on any atom is -0.505 e. The summed E-state index contributed by atoms with van der Waals surface area (Å²) in [5, 5.41) is 45.3. The molecule has 0 saturated heterocycles. The number of hydrogen-bond acceptors (Lipinski definition) is 17. The van der Waals surface area contributed by atoms with E-state index < -0.39 is 94.7 Å². The SMILES string of the molecule is O=C(Nc1cc(S(=O)(=O)O)cc2cc(S(=O)(=O)O)c(/N=N/c3ccc(Nc4ccc(/N=N/c5c(S(=O)(=O)O)cc6cc(S(=O)(=O)O)cc(NC(=O)c7ccccc7)c6c5O)cc4)cc3)c(O)c12)c1ccccc1. The molecule has 0 heterocycles. The Kier molecular flexibility index (Phi) is 13.6. The number of rotatable bonds is 14. The van der Waals surface area contributed by atoms with Crippen LogP contribution in [0.5, 0.6) is 11.5 Å². The highest BCUT2D eigenvalue weighted by Gasteiger charge is 2.28. The van der Waals surface area contributed by atoms with Crippen LogP contribution in [0.25, 0.3) is 21.5 Å². The van der Waals surface area contributed by atoms with E-state index in [1.54, 1.807) is 36.4 Å². The summed E-state index contributed by atoms with van der Waals surface area (Å²) in [4.78, 5) is 22.6. The van der Waals surface area contributed by atoms with Gasteiger partial charge in [-0.2, -0.15) is 43.9 Å². The molecule has 23 nitrogen and oxygen atoms in total. The van der Waals surface area contributed by atoms with Crippen LogP contribution >= 0.6 is 0 Å². The normalized spacial score (nSPS) is 12.4. The fourth-order valence-corrected chi connectivity index (χ4v) is 9.58. The Labute approximate surface area is 413 Å². The quantitative estimate of drug-likeness (QED) is 0.0361. The molecule has 0 atom stereocenters. The van der Waals surface area contributed by atoms with Crippen LogP contribution in [0.3, 0.4) is 0 Å². The van der Waals surface area contributed by atoms with Crippen LogP contribution in [-0.2, 0) is 40.5 Å². The van der Waals surface area contributed by atoms with Crippen LogP contribution < -0.4 is 16.0 Å². The van der Waals surface area contributed by atoms with Crippen LogP contribution in [0.4, 0.5) is 45.5 Å². The zero-order valence-electron chi connectivity index (χ0n) is 36.5. The lowest BCUT2D eigenvalue weighted by Gasteiger charge is -2.15. The van der Waals surface area contributed by atoms with Crippen molar-refractivity contribution in [3.8, 4) is 11.5 Å². The molecular weight excluding hydrogens is 1030 g/mol. The van der Waals surface area contributed by atoms with Crippen molar-refractivity contribution in [2.75, 3.05) is 16.0 Å². The monoisotopic (exact) mass is 1070 g/mol. The lowest BCUT2D eigenvalue weighted by atomic mass is 10.1. The van der Waals surface area contributed by atoms with E-state index in [-0.39, 0.29) is 55.4 Å². The van der Waals surface area contributed by atoms with E-state index in [0.717, 1.165) is 36.4 Å². The van der Waals surface area contributed by atoms with E-state index in [0.29, 0.717) is 11.4 Å². The van der Waals surface area contributed by atoms with Gasteiger partial charge in [0, 0.05) is 33.3 Å². The fraction of sp³-hybridized carbons (Fsp3) is 0. The zero-order valence-corrected chi connectivity index (χ0v) is 39.8. The number of phenolic OH excluding ortho intramolecular Hbond substituents is 2. The van der Waals surface area contributed by atoms with Gasteiger partial charge >= 0.3 is 0 Å². The van der Waals surface area contributed by atoms with Crippen molar-refractivity contribution in [1.82, 2.24) is 0 Å². The first kappa shape index (κ1) is 50.8. The molecule has 73 heavy (non-hydrogen) atoms. The van der Waals surface area contributed by atoms with E-state index >= 15 is 0 Å². The molecule has 0 aliphatic rings. The third-order valence-electron chi connectivity index (χ3n) is 10.5. The van der Waals surface area contributed by atoms with Crippen LogP contribution in [0, 0.1) is 0 Å². The average molecular weight is 1070 g/mol. The Bertz CT molecular complexity index is 3830. The number of aromatic hydroxyl groups is 2. The summed E-state index contributed by atoms with van der Waals surface area (Å²) in [5.41, 5.74) is -1.00. The molecule has 0 bridgehead atoms. The second kappa shape index (κ2) is 19.6. The van der Waals surface area contributed by atoms with Gasteiger partial charge in [0.1, 0.15) is 21.2 Å². The van der Waals surface area contributed by atoms with E-state index in [4.69, 9.17) is 0 Å². The van der Waals surface area contributed by atoms with Gasteiger partial charge in [0.05, 0.1) is 32.5 Å². The van der Waals surface area contributed by atoms with Gasteiger partial charge in [0.2, 0.25) is 0 Å². The highest BCUT2D eigenvalue weighted by atomic mass is 32.2. The molecular formula is C46H33N7O16S4. The van der Waals surface area contributed by atoms with E-state index in [1.165, 1.54) is 72.8 Å². The number of amides is 2. The van der Waals surface area contributed by atoms with E-state index in [9.17, 15) is 71.7 Å². The molecule has 0 radical (unpaired) electrons. The molecule has 0 fully saturated rings. The third kappa shape index (κ3) is 11.3. The predicted molar refractivity (Wildman–Crippen MR) is 264 cm³/mol. The largest absolute Gasteiger partial charge is 0.505 e. The van der Waals surface area contributed by atoms with Crippen molar-refractivity contribution < 1.29 is 71.7 Å². The summed E-state index contributed by atoms with van der Waals surface area (Å²) in [7, 11) is -20.3. The Morgan fingerprint density at radius 2 is 0.753 bits per heavy atom. The maximum atomic E-state index is 13.1. The van der Waals surface area contributed by atoms with E-state index in [2.05, 4.69) is 36.4 Å². The van der Waals surface area contributed by atoms with Crippen molar-refractivity contribution in [2.24, 2.45) is 20.5 Å². The molecule has 27 heteroatoms. The van der Waals surface area contributed by atoms with Gasteiger partial charge in [0.15, 0.2) is 11.5 Å². The summed E-state index contributed by atoms with van der Waals surface area (Å²) in [6, 6.07) is 31.8. The van der Waals surface area contributed by atoms with Crippen molar-refractivity contribution >= 4 is 119 Å². The minimum absolute atomic E-state index is 0.0900. The van der Waals surface area contributed by atoms with Crippen molar-refractivity contribution in [1.29, 1.82) is 0 Å². The molecule has 8 aromatic carbocycles. The first-order chi connectivity index (χ1) is 34.3. The number of carbonyl (C=O) groups excluding carboxylic acids is 2. The lowest BCUT2D eigenvalue weighted by molar-refractivity contribution is 0.101. The topological polar surface area (TPSA) is 378 Å². The molecule has 8 aromatic rings. The maximum absolute atomic E-state index is 13.1. The molecule has 0 aliphatic heterocycles. The lowest BCUT2D eigenvalue weighted by Crippen LogP contribution is -2.13. The number of nitrogens with one attached hydrogen (secondary N) is 3. The molecule has 0 unspecified atom stereocenters. The Balaban J connectivity index is 1.05. The van der Waals surface area contributed by atoms with Crippen molar-refractivity contribution in [2.45, 2.75) is 19.6 Å². The Morgan fingerprint density at radius 1 is 0.411 bits per heavy atom. The average Bonchev–Trinajstić information content (AvgIpc) is 3.33. The van der Waals surface area contributed by atoms with Gasteiger partial charge in [-0.3, -0.25) is 27.8 Å². The van der Waals surface area contributed by atoms with Crippen LogP contribution in [-0.4, -0.2) is 73.9 Å². The van der Waals surface area contributed by atoms with Crippen molar-refractivity contribution in [3.05, 3.63) is 157 Å².